The van der Waals surface area contributed by atoms with Gasteiger partial charge in [0.15, 0.2) is 0 Å². The van der Waals surface area contributed by atoms with Crippen LogP contribution in [0.4, 0.5) is 0 Å². The van der Waals surface area contributed by atoms with Gasteiger partial charge in [-0.3, -0.25) is 0 Å². The summed E-state index contributed by atoms with van der Waals surface area (Å²) < 4.78 is 9.90. The summed E-state index contributed by atoms with van der Waals surface area (Å²) in [7, 11) is 1.57. The first-order chi connectivity index (χ1) is 5.24. The Balaban J connectivity index is 2.66. The highest BCUT2D eigenvalue weighted by Crippen LogP contribution is 2.07. The van der Waals surface area contributed by atoms with Crippen LogP contribution in [-0.2, 0) is 11.3 Å². The van der Waals surface area contributed by atoms with Gasteiger partial charge in [-0.2, -0.15) is 0 Å². The maximum Gasteiger partial charge on any atom is 0.242 e. The topological polar surface area (TPSA) is 74.2 Å². The Morgan fingerprint density at radius 1 is 1.64 bits per heavy atom. The smallest absolute Gasteiger partial charge is 0.242 e. The third-order valence-electron chi connectivity index (χ3n) is 1.14. The number of nitrogens with two attached hydrogens (primary N) is 1. The third-order valence-corrected chi connectivity index (χ3v) is 1.14. The average Bonchev–Trinajstić information content (AvgIpc) is 2.37. The molecule has 0 aromatic carbocycles. The van der Waals surface area contributed by atoms with Crippen molar-refractivity contribution in [1.29, 1.82) is 0 Å². The van der Waals surface area contributed by atoms with Crippen LogP contribution < -0.4 is 5.73 Å². The molecule has 5 heteroatoms. The van der Waals surface area contributed by atoms with Crippen LogP contribution in [0.5, 0.6) is 0 Å². The highest BCUT2D eigenvalue weighted by Gasteiger charge is 2.08. The van der Waals surface area contributed by atoms with Crippen molar-refractivity contribution in [3.63, 3.8) is 0 Å². The monoisotopic (exact) mass is 157 g/mol. The van der Waals surface area contributed by atoms with E-state index < -0.39 is 0 Å². The van der Waals surface area contributed by atoms with Crippen molar-refractivity contribution in [3.8, 4) is 0 Å². The first-order valence-corrected chi connectivity index (χ1v) is 3.31. The van der Waals surface area contributed by atoms with Gasteiger partial charge in [0.25, 0.3) is 0 Å². The van der Waals surface area contributed by atoms with Crippen LogP contribution in [0.15, 0.2) is 4.42 Å². The molecule has 62 valence electrons. The molecule has 0 fully saturated rings. The van der Waals surface area contributed by atoms with E-state index in [9.17, 15) is 0 Å². The maximum absolute atomic E-state index is 5.49. The fraction of sp³-hybridized carbons (Fsp3) is 0.667. The zero-order valence-corrected chi connectivity index (χ0v) is 6.57. The number of hydrogen-bond donors (Lipinski definition) is 1. The molecule has 11 heavy (non-hydrogen) atoms. The Bertz CT molecular complexity index is 221. The van der Waals surface area contributed by atoms with Crippen molar-refractivity contribution in [2.24, 2.45) is 5.73 Å². The van der Waals surface area contributed by atoms with Gasteiger partial charge >= 0.3 is 0 Å². The Hall–Kier alpha value is -0.940. The van der Waals surface area contributed by atoms with Gasteiger partial charge in [0, 0.05) is 7.11 Å². The van der Waals surface area contributed by atoms with Crippen molar-refractivity contribution in [1.82, 2.24) is 10.2 Å². The van der Waals surface area contributed by atoms with Gasteiger partial charge in [0.2, 0.25) is 11.8 Å². The molecule has 0 bridgehead atoms. The van der Waals surface area contributed by atoms with Crippen LogP contribution >= 0.6 is 0 Å². The van der Waals surface area contributed by atoms with Crippen molar-refractivity contribution in [2.45, 2.75) is 19.6 Å². The van der Waals surface area contributed by atoms with E-state index in [0.29, 0.717) is 18.4 Å². The molecule has 1 atom stereocenters. The highest BCUT2D eigenvalue weighted by atomic mass is 16.5. The summed E-state index contributed by atoms with van der Waals surface area (Å²) in [6.45, 7) is 2.11. The second-order valence-electron chi connectivity index (χ2n) is 2.26. The van der Waals surface area contributed by atoms with E-state index in [0.717, 1.165) is 0 Å². The molecular formula is C6H11N3O2. The summed E-state index contributed by atoms with van der Waals surface area (Å²) >= 11 is 0. The second kappa shape index (κ2) is 3.45. The van der Waals surface area contributed by atoms with Gasteiger partial charge in [-0.15, -0.1) is 10.2 Å². The molecule has 0 aliphatic rings. The van der Waals surface area contributed by atoms with Gasteiger partial charge in [0.05, 0.1) is 6.04 Å². The SMILES string of the molecule is COCc1nnc(C(C)N)o1. The normalized spacial score (nSPS) is 13.4. The number of ether oxygens (including phenoxy) is 1. The zero-order chi connectivity index (χ0) is 8.27. The predicted molar refractivity (Wildman–Crippen MR) is 37.6 cm³/mol. The number of aromatic nitrogens is 2. The maximum atomic E-state index is 5.49. The Morgan fingerprint density at radius 3 is 2.82 bits per heavy atom. The van der Waals surface area contributed by atoms with Crippen molar-refractivity contribution >= 4 is 0 Å². The fourth-order valence-electron chi connectivity index (χ4n) is 0.632. The van der Waals surface area contributed by atoms with E-state index in [2.05, 4.69) is 10.2 Å². The lowest BCUT2D eigenvalue weighted by molar-refractivity contribution is 0.157. The summed E-state index contributed by atoms with van der Waals surface area (Å²) in [5.41, 5.74) is 5.49. The standard InChI is InChI=1S/C6H11N3O2/c1-4(7)6-9-8-5(11-6)3-10-2/h4H,3,7H2,1-2H3. The molecule has 5 nitrogen and oxygen atoms in total. The molecule has 2 N–H and O–H groups in total. The van der Waals surface area contributed by atoms with Gasteiger partial charge in [-0.1, -0.05) is 0 Å². The Labute approximate surface area is 64.5 Å². The molecule has 1 rings (SSSR count). The van der Waals surface area contributed by atoms with Crippen LogP contribution in [0.3, 0.4) is 0 Å². The molecule has 0 amide bonds. The van der Waals surface area contributed by atoms with E-state index in [1.807, 2.05) is 0 Å². The summed E-state index contributed by atoms with van der Waals surface area (Å²) in [5.74, 6) is 0.900. The second-order valence-corrected chi connectivity index (χ2v) is 2.26. The van der Waals surface area contributed by atoms with Crippen molar-refractivity contribution in [3.05, 3.63) is 11.8 Å². The zero-order valence-electron chi connectivity index (χ0n) is 6.57. The first kappa shape index (κ1) is 8.16. The van der Waals surface area contributed by atoms with Gasteiger partial charge in [-0.25, -0.2) is 0 Å². The summed E-state index contributed by atoms with van der Waals surface area (Å²) in [6, 6.07) is -0.215. The summed E-state index contributed by atoms with van der Waals surface area (Å²) in [4.78, 5) is 0. The minimum atomic E-state index is -0.215. The summed E-state index contributed by atoms with van der Waals surface area (Å²) in [5, 5.41) is 7.42. The van der Waals surface area contributed by atoms with Crippen LogP contribution in [0.2, 0.25) is 0 Å². The molecule has 0 radical (unpaired) electrons. The molecule has 1 aromatic heterocycles. The van der Waals surface area contributed by atoms with Crippen LogP contribution in [0, 0.1) is 0 Å². The summed E-state index contributed by atoms with van der Waals surface area (Å²) in [6.07, 6.45) is 0. The molecular weight excluding hydrogens is 146 g/mol. The quantitative estimate of drug-likeness (QED) is 0.680. The molecule has 1 aromatic rings. The molecule has 1 heterocycles. The minimum Gasteiger partial charge on any atom is -0.421 e. The molecule has 0 aliphatic heterocycles. The average molecular weight is 157 g/mol. The molecule has 0 saturated carbocycles. The number of rotatable bonds is 3. The lowest BCUT2D eigenvalue weighted by atomic mass is 10.4. The van der Waals surface area contributed by atoms with Gasteiger partial charge in [-0.05, 0) is 6.92 Å². The molecule has 1 unspecified atom stereocenters. The van der Waals surface area contributed by atoms with Crippen LogP contribution in [0.1, 0.15) is 24.7 Å². The number of hydrogen-bond acceptors (Lipinski definition) is 5. The molecule has 0 aliphatic carbocycles. The van der Waals surface area contributed by atoms with Crippen molar-refractivity contribution < 1.29 is 9.15 Å². The predicted octanol–water partition coefficient (Wildman–Crippen LogP) is 0.236. The fourth-order valence-corrected chi connectivity index (χ4v) is 0.632. The van der Waals surface area contributed by atoms with Gasteiger partial charge < -0.3 is 14.9 Å². The van der Waals surface area contributed by atoms with E-state index in [4.69, 9.17) is 14.9 Å². The van der Waals surface area contributed by atoms with E-state index in [1.165, 1.54) is 0 Å². The highest BCUT2D eigenvalue weighted by molar-refractivity contribution is 4.84. The van der Waals surface area contributed by atoms with Crippen LogP contribution in [-0.4, -0.2) is 17.3 Å². The minimum absolute atomic E-state index is 0.215. The van der Waals surface area contributed by atoms with Crippen molar-refractivity contribution in [2.75, 3.05) is 7.11 Å². The molecule has 0 spiro atoms. The van der Waals surface area contributed by atoms with Gasteiger partial charge in [0.1, 0.15) is 6.61 Å². The van der Waals surface area contributed by atoms with E-state index in [-0.39, 0.29) is 6.04 Å². The Morgan fingerprint density at radius 2 is 2.36 bits per heavy atom. The van der Waals surface area contributed by atoms with Crippen LogP contribution in [0.25, 0.3) is 0 Å². The Kier molecular flexibility index (Phi) is 2.56. The largest absolute Gasteiger partial charge is 0.421 e. The lowest BCUT2D eigenvalue weighted by Crippen LogP contribution is -2.04. The van der Waals surface area contributed by atoms with E-state index in [1.54, 1.807) is 14.0 Å². The van der Waals surface area contributed by atoms with E-state index >= 15 is 0 Å². The molecule has 0 saturated heterocycles. The lowest BCUT2D eigenvalue weighted by Gasteiger charge is -1.94. The third kappa shape index (κ3) is 1.99. The first-order valence-electron chi connectivity index (χ1n) is 3.31. The number of nitrogens with zero attached hydrogens (tertiary/aromatic N) is 2. The number of methoxy groups -OCH3 is 1.